The lowest BCUT2D eigenvalue weighted by molar-refractivity contribution is -0.141. The van der Waals surface area contributed by atoms with Crippen molar-refractivity contribution in [2.45, 2.75) is 52.5 Å². The molecule has 0 aliphatic rings. The van der Waals surface area contributed by atoms with Crippen LogP contribution in [0.4, 0.5) is 0 Å². The summed E-state index contributed by atoms with van der Waals surface area (Å²) >= 11 is 0. The maximum absolute atomic E-state index is 12.4. The number of nitrogens with one attached hydrogen (secondary N) is 1. The van der Waals surface area contributed by atoms with Gasteiger partial charge in [-0.2, -0.15) is 4.72 Å². The fraction of sp³-hybridized carbons (Fsp3) is 0.429. The quantitative estimate of drug-likeness (QED) is 0.497. The van der Waals surface area contributed by atoms with E-state index in [2.05, 4.69) is 11.6 Å². The van der Waals surface area contributed by atoms with E-state index in [4.69, 9.17) is 4.74 Å². The van der Waals surface area contributed by atoms with E-state index in [1.165, 1.54) is 0 Å². The molecule has 0 bridgehead atoms. The average Bonchev–Trinajstić information content (AvgIpc) is 2.95. The zero-order valence-corrected chi connectivity index (χ0v) is 18.4. The molecule has 0 aliphatic carbocycles. The van der Waals surface area contributed by atoms with Crippen LogP contribution in [-0.2, 0) is 26.1 Å². The fourth-order valence-electron chi connectivity index (χ4n) is 3.15. The number of carbonyl (C=O) groups excluding carboxylic acids is 2. The molecule has 7 nitrogen and oxygen atoms in total. The van der Waals surface area contributed by atoms with Gasteiger partial charge < -0.3 is 9.30 Å². The van der Waals surface area contributed by atoms with Crippen molar-refractivity contribution in [1.29, 1.82) is 0 Å². The smallest absolute Gasteiger partial charge is 0.321 e. The summed E-state index contributed by atoms with van der Waals surface area (Å²) in [6, 6.07) is 6.84. The normalized spacial score (nSPS) is 11.5. The highest BCUT2D eigenvalue weighted by Gasteiger charge is 2.20. The molecule has 1 N–H and O–H groups in total. The molecule has 0 fully saturated rings. The molecule has 0 spiro atoms. The van der Waals surface area contributed by atoms with Crippen LogP contribution in [0.1, 0.15) is 46.2 Å². The number of rotatable bonds is 9. The number of nitrogens with zero attached hydrogens (tertiary/aromatic N) is 1. The lowest BCUT2D eigenvalue weighted by Gasteiger charge is -2.10. The first kappa shape index (κ1) is 22.8. The van der Waals surface area contributed by atoms with Crippen LogP contribution < -0.4 is 4.72 Å². The predicted molar refractivity (Wildman–Crippen MR) is 111 cm³/mol. The molecule has 0 atom stereocenters. The van der Waals surface area contributed by atoms with E-state index < -0.39 is 29.1 Å². The summed E-state index contributed by atoms with van der Waals surface area (Å²) in [5.41, 5.74) is 3.69. The summed E-state index contributed by atoms with van der Waals surface area (Å²) in [4.78, 5) is 24.5. The fourth-order valence-corrected chi connectivity index (χ4v) is 4.45. The van der Waals surface area contributed by atoms with Crippen molar-refractivity contribution in [3.63, 3.8) is 0 Å². The van der Waals surface area contributed by atoms with Gasteiger partial charge in [0.15, 0.2) is 6.61 Å². The standard InChI is InChI=1S/C21H28N2O5S/c1-6-9-23-16(4)11-18(17(23)5)19(24)13-28-21(25)12-22-29(26,27)20-10-14(2)7-8-15(20)3/h7-8,10-11,22H,6,9,12-13H2,1-5H3. The highest BCUT2D eigenvalue weighted by Crippen LogP contribution is 2.17. The maximum atomic E-state index is 12.4. The minimum Gasteiger partial charge on any atom is -0.456 e. The van der Waals surface area contributed by atoms with Crippen LogP contribution in [0.5, 0.6) is 0 Å². The first-order valence-corrected chi connectivity index (χ1v) is 11.0. The van der Waals surface area contributed by atoms with Gasteiger partial charge in [-0.1, -0.05) is 19.1 Å². The molecule has 0 amide bonds. The molecule has 0 radical (unpaired) electrons. The average molecular weight is 421 g/mol. The van der Waals surface area contributed by atoms with Crippen LogP contribution in [0.15, 0.2) is 29.2 Å². The van der Waals surface area contributed by atoms with Gasteiger partial charge in [0.1, 0.15) is 6.54 Å². The van der Waals surface area contributed by atoms with Gasteiger partial charge in [-0.25, -0.2) is 8.42 Å². The molecule has 1 aromatic heterocycles. The molecule has 0 saturated heterocycles. The Morgan fingerprint density at radius 2 is 1.79 bits per heavy atom. The van der Waals surface area contributed by atoms with Crippen molar-refractivity contribution < 1.29 is 22.7 Å². The summed E-state index contributed by atoms with van der Waals surface area (Å²) in [6.07, 6.45) is 0.944. The molecule has 2 aromatic rings. The van der Waals surface area contributed by atoms with Gasteiger partial charge in [-0.15, -0.1) is 0 Å². The van der Waals surface area contributed by atoms with Crippen LogP contribution in [0.25, 0.3) is 0 Å². The van der Waals surface area contributed by atoms with Gasteiger partial charge >= 0.3 is 5.97 Å². The number of hydrogen-bond donors (Lipinski definition) is 1. The third-order valence-electron chi connectivity index (χ3n) is 4.73. The van der Waals surface area contributed by atoms with Crippen molar-refractivity contribution in [1.82, 2.24) is 9.29 Å². The van der Waals surface area contributed by atoms with Crippen molar-refractivity contribution in [3.05, 3.63) is 52.3 Å². The molecule has 0 aliphatic heterocycles. The molecule has 0 saturated carbocycles. The van der Waals surface area contributed by atoms with E-state index in [0.717, 1.165) is 29.9 Å². The van der Waals surface area contributed by atoms with E-state index in [-0.39, 0.29) is 10.7 Å². The molecule has 1 aromatic carbocycles. The molecule has 29 heavy (non-hydrogen) atoms. The Hall–Kier alpha value is -2.45. The number of hydrogen-bond acceptors (Lipinski definition) is 5. The summed E-state index contributed by atoms with van der Waals surface area (Å²) in [7, 11) is -3.85. The van der Waals surface area contributed by atoms with Crippen molar-refractivity contribution in [2.24, 2.45) is 0 Å². The summed E-state index contributed by atoms with van der Waals surface area (Å²) < 4.78 is 34.1. The summed E-state index contributed by atoms with van der Waals surface area (Å²) in [5, 5.41) is 0. The summed E-state index contributed by atoms with van der Waals surface area (Å²) in [5.74, 6) is -1.12. The summed E-state index contributed by atoms with van der Waals surface area (Å²) in [6.45, 7) is 9.14. The van der Waals surface area contributed by atoms with E-state index in [1.807, 2.05) is 24.5 Å². The van der Waals surface area contributed by atoms with E-state index in [0.29, 0.717) is 11.1 Å². The zero-order chi connectivity index (χ0) is 21.8. The molecule has 1 heterocycles. The number of esters is 1. The van der Waals surface area contributed by atoms with Crippen LogP contribution in [0.2, 0.25) is 0 Å². The maximum Gasteiger partial charge on any atom is 0.321 e. The Bertz CT molecular complexity index is 1020. The van der Waals surface area contributed by atoms with Gasteiger partial charge in [0, 0.05) is 23.5 Å². The number of carbonyl (C=O) groups is 2. The van der Waals surface area contributed by atoms with E-state index >= 15 is 0 Å². The molecular weight excluding hydrogens is 392 g/mol. The van der Waals surface area contributed by atoms with Gasteiger partial charge in [-0.05, 0) is 57.4 Å². The highest BCUT2D eigenvalue weighted by atomic mass is 32.2. The highest BCUT2D eigenvalue weighted by molar-refractivity contribution is 7.89. The van der Waals surface area contributed by atoms with Crippen LogP contribution in [0.3, 0.4) is 0 Å². The van der Waals surface area contributed by atoms with Gasteiger partial charge in [0.05, 0.1) is 4.90 Å². The molecule has 8 heteroatoms. The Balaban J connectivity index is 1.96. The van der Waals surface area contributed by atoms with Gasteiger partial charge in [0.25, 0.3) is 0 Å². The third-order valence-corrected chi connectivity index (χ3v) is 6.27. The Kier molecular flexibility index (Phi) is 7.37. The van der Waals surface area contributed by atoms with Crippen molar-refractivity contribution in [2.75, 3.05) is 13.2 Å². The van der Waals surface area contributed by atoms with Gasteiger partial charge in [-0.3, -0.25) is 9.59 Å². The van der Waals surface area contributed by atoms with Crippen LogP contribution in [-0.4, -0.2) is 37.9 Å². The molecule has 2 rings (SSSR count). The second-order valence-electron chi connectivity index (χ2n) is 7.11. The van der Waals surface area contributed by atoms with E-state index in [1.54, 1.807) is 32.0 Å². The Morgan fingerprint density at radius 1 is 1.10 bits per heavy atom. The number of aromatic nitrogens is 1. The predicted octanol–water partition coefficient (Wildman–Crippen LogP) is 2.84. The SMILES string of the molecule is CCCn1c(C)cc(C(=O)COC(=O)CNS(=O)(=O)c2cc(C)ccc2C)c1C. The van der Waals surface area contributed by atoms with Gasteiger partial charge in [0.2, 0.25) is 15.8 Å². The minimum atomic E-state index is -3.85. The number of ether oxygens (including phenoxy) is 1. The van der Waals surface area contributed by atoms with Crippen molar-refractivity contribution >= 4 is 21.8 Å². The third kappa shape index (κ3) is 5.55. The lowest BCUT2D eigenvalue weighted by Crippen LogP contribution is -2.32. The zero-order valence-electron chi connectivity index (χ0n) is 17.5. The second kappa shape index (κ2) is 9.37. The largest absolute Gasteiger partial charge is 0.456 e. The lowest BCUT2D eigenvalue weighted by atomic mass is 10.1. The van der Waals surface area contributed by atoms with Crippen LogP contribution in [0, 0.1) is 27.7 Å². The number of sulfonamides is 1. The van der Waals surface area contributed by atoms with E-state index in [9.17, 15) is 18.0 Å². The first-order chi connectivity index (χ1) is 13.6. The second-order valence-corrected chi connectivity index (χ2v) is 8.85. The number of aryl methyl sites for hydroxylation is 3. The molecule has 158 valence electrons. The Labute approximate surface area is 172 Å². The Morgan fingerprint density at radius 3 is 2.45 bits per heavy atom. The molecular formula is C21H28N2O5S. The first-order valence-electron chi connectivity index (χ1n) is 9.49. The number of Topliss-reactive ketones (excluding diaryl/α,β-unsaturated/α-hetero) is 1. The topological polar surface area (TPSA) is 94.5 Å². The molecule has 0 unspecified atom stereocenters. The van der Waals surface area contributed by atoms with Crippen LogP contribution >= 0.6 is 0 Å². The monoisotopic (exact) mass is 420 g/mol. The number of benzene rings is 1. The number of ketones is 1. The minimum absolute atomic E-state index is 0.116. The van der Waals surface area contributed by atoms with Crippen molar-refractivity contribution in [3.8, 4) is 0 Å².